The van der Waals surface area contributed by atoms with Crippen LogP contribution in [0.3, 0.4) is 0 Å². The molecule has 2 aromatic rings. The van der Waals surface area contributed by atoms with Crippen LogP contribution in [0.2, 0.25) is 0 Å². The fraction of sp³-hybridized carbons (Fsp3) is 0.143. The maximum Gasteiger partial charge on any atom is 0.127 e. The van der Waals surface area contributed by atoms with Crippen molar-refractivity contribution in [3.63, 3.8) is 0 Å². The van der Waals surface area contributed by atoms with Crippen molar-refractivity contribution in [1.29, 1.82) is 0 Å². The zero-order valence-electron chi connectivity index (χ0n) is 9.10. The molecule has 0 aliphatic heterocycles. The lowest BCUT2D eigenvalue weighted by molar-refractivity contribution is 0.302. The summed E-state index contributed by atoms with van der Waals surface area (Å²) < 4.78 is 5.62. The van der Waals surface area contributed by atoms with Crippen molar-refractivity contribution in [2.24, 2.45) is 0 Å². The molecule has 0 aliphatic rings. The number of para-hydroxylation sites is 1. The van der Waals surface area contributed by atoms with Gasteiger partial charge in [0, 0.05) is 16.5 Å². The van der Waals surface area contributed by atoms with E-state index in [4.69, 9.17) is 4.74 Å². The van der Waals surface area contributed by atoms with Crippen molar-refractivity contribution in [3.8, 4) is 5.75 Å². The Morgan fingerprint density at radius 3 is 2.81 bits per heavy atom. The monoisotopic (exact) mass is 229 g/mol. The molecule has 1 nitrogen and oxygen atoms in total. The average Bonchev–Trinajstić information content (AvgIpc) is 2.32. The Bertz CT molecular complexity index is 465. The molecule has 0 spiro atoms. The van der Waals surface area contributed by atoms with Crippen LogP contribution >= 0.6 is 12.6 Å². The molecule has 0 fully saturated rings. The van der Waals surface area contributed by atoms with Gasteiger partial charge in [0.25, 0.3) is 0 Å². The van der Waals surface area contributed by atoms with Crippen LogP contribution in [0.15, 0.2) is 47.4 Å². The van der Waals surface area contributed by atoms with Gasteiger partial charge in [-0.05, 0) is 18.6 Å². The Labute approximate surface area is 101 Å². The number of rotatable bonds is 3. The maximum absolute atomic E-state index is 5.62. The number of thiol groups is 1. The third-order valence-corrected chi connectivity index (χ3v) is 3.02. The highest BCUT2D eigenvalue weighted by Crippen LogP contribution is 2.20. The van der Waals surface area contributed by atoms with E-state index in [0.717, 1.165) is 16.2 Å². The highest BCUT2D eigenvalue weighted by molar-refractivity contribution is 7.80. The molecule has 0 atom stereocenters. The van der Waals surface area contributed by atoms with Crippen LogP contribution in [0.5, 0.6) is 5.75 Å². The van der Waals surface area contributed by atoms with Gasteiger partial charge in [0.05, 0.1) is 0 Å². The van der Waals surface area contributed by atoms with Crippen LogP contribution in [-0.4, -0.2) is 0 Å². The predicted octanol–water partition coefficient (Wildman–Crippen LogP) is 3.66. The number of ether oxygens (including phenoxy) is 1. The molecule has 1 radical (unpaired) electrons. The zero-order chi connectivity index (χ0) is 11.4. The molecule has 0 amide bonds. The molecule has 0 aliphatic carbocycles. The molecule has 0 bridgehead atoms. The summed E-state index contributed by atoms with van der Waals surface area (Å²) in [5, 5.41) is 0. The predicted molar refractivity (Wildman–Crippen MR) is 68.0 cm³/mol. The summed E-state index contributed by atoms with van der Waals surface area (Å²) in [6, 6.07) is 16.7. The second kappa shape index (κ2) is 5.08. The Morgan fingerprint density at radius 1 is 1.19 bits per heavy atom. The van der Waals surface area contributed by atoms with Crippen LogP contribution in [0.25, 0.3) is 0 Å². The topological polar surface area (TPSA) is 9.23 Å². The summed E-state index contributed by atoms with van der Waals surface area (Å²) in [5.41, 5.74) is 2.27. The van der Waals surface area contributed by atoms with E-state index in [1.807, 2.05) is 49.4 Å². The van der Waals surface area contributed by atoms with Crippen molar-refractivity contribution >= 4 is 12.6 Å². The summed E-state index contributed by atoms with van der Waals surface area (Å²) in [5.74, 6) is 0.761. The van der Waals surface area contributed by atoms with E-state index < -0.39 is 0 Å². The first-order valence-electron chi connectivity index (χ1n) is 5.14. The van der Waals surface area contributed by atoms with Gasteiger partial charge in [-0.1, -0.05) is 36.4 Å². The fourth-order valence-electron chi connectivity index (χ4n) is 1.46. The SMILES string of the molecule is Cc1cccc(COc2[c]cccc2)c1S. The summed E-state index contributed by atoms with van der Waals surface area (Å²) in [6.07, 6.45) is 0. The van der Waals surface area contributed by atoms with E-state index in [2.05, 4.69) is 18.7 Å². The van der Waals surface area contributed by atoms with Crippen molar-refractivity contribution < 1.29 is 4.74 Å². The second-order valence-electron chi connectivity index (χ2n) is 3.60. The van der Waals surface area contributed by atoms with Crippen molar-refractivity contribution in [2.45, 2.75) is 18.4 Å². The maximum atomic E-state index is 5.62. The minimum absolute atomic E-state index is 0.529. The Kier molecular flexibility index (Phi) is 3.52. The van der Waals surface area contributed by atoms with Gasteiger partial charge in [-0.3, -0.25) is 0 Å². The standard InChI is InChI=1S/C14H13OS/c1-11-6-5-7-12(14(11)16)10-15-13-8-3-2-4-9-13/h2-8,16H,10H2,1H3. The van der Waals surface area contributed by atoms with E-state index in [1.165, 1.54) is 5.56 Å². The molecular weight excluding hydrogens is 216 g/mol. The zero-order valence-corrected chi connectivity index (χ0v) is 10.00. The van der Waals surface area contributed by atoms with Crippen LogP contribution in [0, 0.1) is 13.0 Å². The fourth-order valence-corrected chi connectivity index (χ4v) is 1.67. The highest BCUT2D eigenvalue weighted by Gasteiger charge is 2.02. The lowest BCUT2D eigenvalue weighted by atomic mass is 10.1. The third-order valence-electron chi connectivity index (χ3n) is 2.39. The summed E-state index contributed by atoms with van der Waals surface area (Å²) in [7, 11) is 0. The molecule has 0 aromatic heterocycles. The van der Waals surface area contributed by atoms with E-state index in [1.54, 1.807) is 0 Å². The lowest BCUT2D eigenvalue weighted by Gasteiger charge is -2.09. The van der Waals surface area contributed by atoms with Crippen molar-refractivity contribution in [1.82, 2.24) is 0 Å². The second-order valence-corrected chi connectivity index (χ2v) is 4.05. The largest absolute Gasteiger partial charge is 0.488 e. The number of hydrogen-bond acceptors (Lipinski definition) is 2. The molecule has 2 aromatic carbocycles. The molecule has 0 N–H and O–H groups in total. The molecule has 0 saturated heterocycles. The van der Waals surface area contributed by atoms with Gasteiger partial charge in [-0.25, -0.2) is 0 Å². The van der Waals surface area contributed by atoms with Crippen LogP contribution in [-0.2, 0) is 6.61 Å². The van der Waals surface area contributed by atoms with Crippen molar-refractivity contribution in [2.75, 3.05) is 0 Å². The molecular formula is C14H13OS. The van der Waals surface area contributed by atoms with Crippen molar-refractivity contribution in [3.05, 3.63) is 59.7 Å². The normalized spacial score (nSPS) is 10.1. The summed E-state index contributed by atoms with van der Waals surface area (Å²) in [6.45, 7) is 2.57. The first-order valence-corrected chi connectivity index (χ1v) is 5.59. The first-order chi connectivity index (χ1) is 7.77. The molecule has 0 unspecified atom stereocenters. The number of benzene rings is 2. The Morgan fingerprint density at radius 2 is 2.06 bits per heavy atom. The van der Waals surface area contributed by atoms with Crippen LogP contribution < -0.4 is 4.74 Å². The van der Waals surface area contributed by atoms with E-state index in [9.17, 15) is 0 Å². The molecule has 0 heterocycles. The minimum atomic E-state index is 0.529. The first kappa shape index (κ1) is 11.1. The highest BCUT2D eigenvalue weighted by atomic mass is 32.1. The van der Waals surface area contributed by atoms with Gasteiger partial charge in [-0.2, -0.15) is 0 Å². The van der Waals surface area contributed by atoms with Gasteiger partial charge < -0.3 is 4.74 Å². The van der Waals surface area contributed by atoms with Gasteiger partial charge in [0.2, 0.25) is 0 Å². The van der Waals surface area contributed by atoms with Crippen LogP contribution in [0.1, 0.15) is 11.1 Å². The molecule has 0 saturated carbocycles. The molecule has 2 rings (SSSR count). The summed E-state index contributed by atoms with van der Waals surface area (Å²) >= 11 is 4.47. The number of aryl methyl sites for hydroxylation is 1. The molecule has 2 heteroatoms. The summed E-state index contributed by atoms with van der Waals surface area (Å²) in [4.78, 5) is 0.999. The average molecular weight is 229 g/mol. The lowest BCUT2D eigenvalue weighted by Crippen LogP contribution is -1.97. The molecule has 81 valence electrons. The van der Waals surface area contributed by atoms with Gasteiger partial charge in [-0.15, -0.1) is 12.6 Å². The Balaban J connectivity index is 2.08. The third kappa shape index (κ3) is 2.58. The Hall–Kier alpha value is -1.41. The molecule has 16 heavy (non-hydrogen) atoms. The minimum Gasteiger partial charge on any atom is -0.488 e. The van der Waals surface area contributed by atoms with Crippen LogP contribution in [0.4, 0.5) is 0 Å². The smallest absolute Gasteiger partial charge is 0.127 e. The van der Waals surface area contributed by atoms with E-state index >= 15 is 0 Å². The number of hydrogen-bond donors (Lipinski definition) is 1. The van der Waals surface area contributed by atoms with Gasteiger partial charge in [0.15, 0.2) is 0 Å². The van der Waals surface area contributed by atoms with Gasteiger partial charge in [0.1, 0.15) is 12.4 Å². The van der Waals surface area contributed by atoms with Gasteiger partial charge >= 0.3 is 0 Å². The van der Waals surface area contributed by atoms with E-state index in [0.29, 0.717) is 6.61 Å². The van der Waals surface area contributed by atoms with E-state index in [-0.39, 0.29) is 0 Å². The quantitative estimate of drug-likeness (QED) is 0.790.